The summed E-state index contributed by atoms with van der Waals surface area (Å²) in [5.74, 6) is 0.966. The molecule has 0 aliphatic carbocycles. The average Bonchev–Trinajstić information content (AvgIpc) is 2.48. The van der Waals surface area contributed by atoms with Crippen LogP contribution in [0.15, 0.2) is 39.3 Å². The van der Waals surface area contributed by atoms with E-state index < -0.39 is 0 Å². The van der Waals surface area contributed by atoms with Crippen molar-refractivity contribution in [1.82, 2.24) is 0 Å². The van der Waals surface area contributed by atoms with Gasteiger partial charge in [-0.15, -0.1) is 0 Å². The van der Waals surface area contributed by atoms with Gasteiger partial charge in [0, 0.05) is 8.95 Å². The molecule has 0 saturated carbocycles. The third kappa shape index (κ3) is 3.60. The molecular weight excluding hydrogens is 471 g/mol. The molecule has 2 rings (SSSR count). The van der Waals surface area contributed by atoms with Gasteiger partial charge in [0.15, 0.2) is 11.5 Å². The molecule has 0 saturated heterocycles. The van der Waals surface area contributed by atoms with Crippen molar-refractivity contribution in [3.63, 3.8) is 0 Å². The first kappa shape index (κ1) is 16.8. The van der Waals surface area contributed by atoms with Crippen molar-refractivity contribution >= 4 is 47.8 Å². The maximum absolute atomic E-state index is 13.5. The van der Waals surface area contributed by atoms with Gasteiger partial charge in [0.1, 0.15) is 5.82 Å². The zero-order valence-corrected chi connectivity index (χ0v) is 16.1. The molecule has 0 heterocycles. The smallest absolute Gasteiger partial charge is 0.161 e. The monoisotopic (exact) mass is 480 g/mol. The Morgan fingerprint density at radius 1 is 0.905 bits per heavy atom. The van der Waals surface area contributed by atoms with Crippen LogP contribution in [0, 0.1) is 5.82 Å². The fourth-order valence-corrected chi connectivity index (χ4v) is 4.34. The largest absolute Gasteiger partial charge is 0.493 e. The number of hydrogen-bond donors (Lipinski definition) is 0. The third-order valence-electron chi connectivity index (χ3n) is 3.01. The molecule has 2 aromatic rings. The summed E-state index contributed by atoms with van der Waals surface area (Å²) in [6.07, 6.45) is 0. The maximum atomic E-state index is 13.5. The summed E-state index contributed by atoms with van der Waals surface area (Å²) in [5.41, 5.74) is 1.71. The molecule has 0 aliphatic heterocycles. The molecule has 0 radical (unpaired) electrons. The van der Waals surface area contributed by atoms with Crippen LogP contribution < -0.4 is 9.47 Å². The van der Waals surface area contributed by atoms with Gasteiger partial charge >= 0.3 is 0 Å². The van der Waals surface area contributed by atoms with Crippen molar-refractivity contribution in [3.8, 4) is 11.5 Å². The summed E-state index contributed by atoms with van der Waals surface area (Å²) in [6, 6.07) is 8.28. The number of benzene rings is 2. The number of halogens is 4. The van der Waals surface area contributed by atoms with E-state index in [4.69, 9.17) is 9.47 Å². The van der Waals surface area contributed by atoms with E-state index in [1.165, 1.54) is 12.1 Å². The Hall–Kier alpha value is -0.590. The molecule has 0 bridgehead atoms. The highest BCUT2D eigenvalue weighted by Crippen LogP contribution is 2.43. The lowest BCUT2D eigenvalue weighted by atomic mass is 10.0. The molecule has 0 amide bonds. The Bertz CT molecular complexity index is 662. The minimum absolute atomic E-state index is 0.197. The van der Waals surface area contributed by atoms with Gasteiger partial charge in [-0.2, -0.15) is 0 Å². The van der Waals surface area contributed by atoms with Gasteiger partial charge in [0.2, 0.25) is 0 Å². The standard InChI is InChI=1S/C15H12Br3FO2/c1-20-13-6-10(12(17)7-14(13)21-2)15(18)9-5-8(19)3-4-11(9)16/h3-7,15H,1-2H3. The van der Waals surface area contributed by atoms with Gasteiger partial charge in [0.25, 0.3) is 0 Å². The number of methoxy groups -OCH3 is 2. The topological polar surface area (TPSA) is 18.5 Å². The normalized spacial score (nSPS) is 12.1. The molecule has 1 unspecified atom stereocenters. The summed E-state index contributed by atoms with van der Waals surface area (Å²) >= 11 is 10.6. The fraction of sp³-hybridized carbons (Fsp3) is 0.200. The van der Waals surface area contributed by atoms with Crippen molar-refractivity contribution in [1.29, 1.82) is 0 Å². The predicted molar refractivity (Wildman–Crippen MR) is 92.1 cm³/mol. The Morgan fingerprint density at radius 3 is 2.10 bits per heavy atom. The molecule has 0 aromatic heterocycles. The number of ether oxygens (including phenoxy) is 2. The summed E-state index contributed by atoms with van der Waals surface area (Å²) in [5, 5.41) is 0. The second-order valence-electron chi connectivity index (χ2n) is 4.26. The molecule has 112 valence electrons. The van der Waals surface area contributed by atoms with E-state index in [-0.39, 0.29) is 10.6 Å². The van der Waals surface area contributed by atoms with Crippen LogP contribution in [0.4, 0.5) is 4.39 Å². The van der Waals surface area contributed by atoms with Crippen LogP contribution in [0.1, 0.15) is 16.0 Å². The highest BCUT2D eigenvalue weighted by Gasteiger charge is 2.20. The molecule has 2 aromatic carbocycles. The van der Waals surface area contributed by atoms with Crippen LogP contribution in [0.2, 0.25) is 0 Å². The number of hydrogen-bond acceptors (Lipinski definition) is 2. The Balaban J connectivity index is 2.52. The van der Waals surface area contributed by atoms with E-state index in [9.17, 15) is 4.39 Å². The van der Waals surface area contributed by atoms with E-state index in [2.05, 4.69) is 47.8 Å². The number of rotatable bonds is 4. The van der Waals surface area contributed by atoms with Crippen LogP contribution in [-0.2, 0) is 0 Å². The molecule has 0 spiro atoms. The van der Waals surface area contributed by atoms with E-state index in [1.807, 2.05) is 12.1 Å². The van der Waals surface area contributed by atoms with Gasteiger partial charge in [-0.1, -0.05) is 47.8 Å². The maximum Gasteiger partial charge on any atom is 0.161 e. The van der Waals surface area contributed by atoms with Crippen molar-refractivity contribution in [3.05, 3.63) is 56.2 Å². The summed E-state index contributed by atoms with van der Waals surface area (Å²) in [7, 11) is 3.16. The average molecular weight is 483 g/mol. The molecule has 2 nitrogen and oxygen atoms in total. The Morgan fingerprint density at radius 2 is 1.48 bits per heavy atom. The molecule has 0 N–H and O–H groups in total. The van der Waals surface area contributed by atoms with Gasteiger partial charge in [0.05, 0.1) is 19.0 Å². The van der Waals surface area contributed by atoms with Gasteiger partial charge in [-0.25, -0.2) is 4.39 Å². The van der Waals surface area contributed by atoms with Crippen LogP contribution in [-0.4, -0.2) is 14.2 Å². The SMILES string of the molecule is COc1cc(Br)c(C(Br)c2cc(F)ccc2Br)cc1OC. The molecule has 6 heteroatoms. The first-order valence-electron chi connectivity index (χ1n) is 5.98. The highest BCUT2D eigenvalue weighted by molar-refractivity contribution is 9.11. The van der Waals surface area contributed by atoms with Crippen molar-refractivity contribution in [2.24, 2.45) is 0 Å². The van der Waals surface area contributed by atoms with Crippen LogP contribution in [0.5, 0.6) is 11.5 Å². The van der Waals surface area contributed by atoms with Crippen molar-refractivity contribution < 1.29 is 13.9 Å². The lowest BCUT2D eigenvalue weighted by Crippen LogP contribution is -1.99. The zero-order valence-electron chi connectivity index (χ0n) is 11.3. The van der Waals surface area contributed by atoms with Gasteiger partial charge in [-0.3, -0.25) is 0 Å². The summed E-state index contributed by atoms with van der Waals surface area (Å²) in [6.45, 7) is 0. The van der Waals surface area contributed by atoms with Crippen molar-refractivity contribution in [2.75, 3.05) is 14.2 Å². The zero-order chi connectivity index (χ0) is 15.6. The van der Waals surface area contributed by atoms with Crippen LogP contribution >= 0.6 is 47.8 Å². The lowest BCUT2D eigenvalue weighted by Gasteiger charge is -2.17. The third-order valence-corrected chi connectivity index (χ3v) is 5.40. The first-order valence-corrected chi connectivity index (χ1v) is 8.48. The summed E-state index contributed by atoms with van der Waals surface area (Å²) in [4.78, 5) is -0.197. The Labute approximate surface area is 148 Å². The molecular formula is C15H12Br3FO2. The van der Waals surface area contributed by atoms with Crippen LogP contribution in [0.3, 0.4) is 0 Å². The lowest BCUT2D eigenvalue weighted by molar-refractivity contribution is 0.354. The molecule has 21 heavy (non-hydrogen) atoms. The van der Waals surface area contributed by atoms with Crippen molar-refractivity contribution in [2.45, 2.75) is 4.83 Å². The quantitative estimate of drug-likeness (QED) is 0.509. The Kier molecular flexibility index (Phi) is 5.68. The molecule has 0 aliphatic rings. The molecule has 0 fully saturated rings. The predicted octanol–water partition coefficient (Wildman–Crippen LogP) is 5.85. The van der Waals surface area contributed by atoms with Gasteiger partial charge < -0.3 is 9.47 Å². The van der Waals surface area contributed by atoms with Crippen LogP contribution in [0.25, 0.3) is 0 Å². The minimum atomic E-state index is -0.283. The molecule has 1 atom stereocenters. The first-order chi connectivity index (χ1) is 9.97. The number of alkyl halides is 1. The van der Waals surface area contributed by atoms with E-state index in [0.29, 0.717) is 11.5 Å². The minimum Gasteiger partial charge on any atom is -0.493 e. The van der Waals surface area contributed by atoms with Gasteiger partial charge in [-0.05, 0) is 41.5 Å². The van der Waals surface area contributed by atoms with E-state index in [0.717, 1.165) is 20.1 Å². The van der Waals surface area contributed by atoms with E-state index in [1.54, 1.807) is 20.3 Å². The second-order valence-corrected chi connectivity index (χ2v) is 6.88. The summed E-state index contributed by atoms with van der Waals surface area (Å²) < 4.78 is 25.7. The second kappa shape index (κ2) is 7.11. The highest BCUT2D eigenvalue weighted by atomic mass is 79.9. The fourth-order valence-electron chi connectivity index (χ4n) is 1.94. The van der Waals surface area contributed by atoms with E-state index >= 15 is 0 Å².